The molecule has 0 saturated heterocycles. The highest BCUT2D eigenvalue weighted by Gasteiger charge is 2.17. The van der Waals surface area contributed by atoms with Crippen molar-refractivity contribution in [2.75, 3.05) is 25.0 Å². The average molecular weight is 317 g/mol. The maximum atomic E-state index is 12.4. The van der Waals surface area contributed by atoms with Gasteiger partial charge < -0.3 is 9.80 Å². The van der Waals surface area contributed by atoms with Crippen LogP contribution in [-0.4, -0.2) is 41.8 Å². The molecule has 0 aliphatic heterocycles. The Morgan fingerprint density at radius 2 is 2.14 bits per heavy atom. The van der Waals surface area contributed by atoms with E-state index in [1.54, 1.807) is 23.3 Å². The van der Waals surface area contributed by atoms with E-state index in [9.17, 15) is 9.59 Å². The summed E-state index contributed by atoms with van der Waals surface area (Å²) in [7, 11) is 1.71. The first kappa shape index (κ1) is 16.2. The lowest BCUT2D eigenvalue weighted by Crippen LogP contribution is -2.40. The second kappa shape index (κ2) is 6.70. The van der Waals surface area contributed by atoms with Gasteiger partial charge in [0.1, 0.15) is 6.54 Å². The molecule has 6 heteroatoms. The number of nitrogens with zero attached hydrogens (tertiary/aromatic N) is 3. The summed E-state index contributed by atoms with van der Waals surface area (Å²) >= 11 is 1.60. The van der Waals surface area contributed by atoms with E-state index < -0.39 is 0 Å². The van der Waals surface area contributed by atoms with Gasteiger partial charge in [-0.1, -0.05) is 6.58 Å². The molecule has 2 amide bonds. The highest BCUT2D eigenvalue weighted by atomic mass is 32.1. The van der Waals surface area contributed by atoms with Crippen LogP contribution in [0, 0.1) is 6.92 Å². The number of hydrogen-bond donors (Lipinski definition) is 0. The molecule has 0 aliphatic rings. The Balaban J connectivity index is 2.17. The molecule has 0 fully saturated rings. The lowest BCUT2D eigenvalue weighted by Gasteiger charge is -2.23. The zero-order chi connectivity index (χ0) is 16.3. The van der Waals surface area contributed by atoms with E-state index in [-0.39, 0.29) is 18.4 Å². The number of fused-ring (bicyclic) bond motifs is 1. The number of carbonyl (C=O) groups is 2. The maximum absolute atomic E-state index is 12.4. The van der Waals surface area contributed by atoms with Crippen LogP contribution >= 0.6 is 11.3 Å². The van der Waals surface area contributed by atoms with Crippen LogP contribution in [-0.2, 0) is 9.59 Å². The normalized spacial score (nSPS) is 10.5. The van der Waals surface area contributed by atoms with E-state index in [1.807, 2.05) is 32.0 Å². The first-order valence-corrected chi connectivity index (χ1v) is 7.83. The van der Waals surface area contributed by atoms with E-state index in [2.05, 4.69) is 11.6 Å². The van der Waals surface area contributed by atoms with Crippen molar-refractivity contribution in [3.63, 3.8) is 0 Å². The largest absolute Gasteiger partial charge is 0.330 e. The number of anilines is 1. The number of aryl methyl sites for hydroxylation is 1. The van der Waals surface area contributed by atoms with Crippen LogP contribution in [0.15, 0.2) is 30.9 Å². The Hall–Kier alpha value is -2.21. The van der Waals surface area contributed by atoms with E-state index in [4.69, 9.17) is 0 Å². The number of rotatable bonds is 5. The number of likely N-dealkylation sites (N-methyl/N-ethyl adjacent to an activating group) is 2. The van der Waals surface area contributed by atoms with Gasteiger partial charge in [0.2, 0.25) is 11.8 Å². The van der Waals surface area contributed by atoms with Crippen molar-refractivity contribution >= 4 is 39.1 Å². The molecule has 2 rings (SSSR count). The highest BCUT2D eigenvalue weighted by Crippen LogP contribution is 2.26. The van der Waals surface area contributed by atoms with Gasteiger partial charge in [0.25, 0.3) is 0 Å². The van der Waals surface area contributed by atoms with Crippen LogP contribution in [0.1, 0.15) is 11.9 Å². The quantitative estimate of drug-likeness (QED) is 0.797. The Bertz CT molecular complexity index is 723. The predicted octanol–water partition coefficient (Wildman–Crippen LogP) is 2.60. The molecule has 22 heavy (non-hydrogen) atoms. The van der Waals surface area contributed by atoms with Gasteiger partial charge in [-0.3, -0.25) is 9.59 Å². The van der Waals surface area contributed by atoms with Crippen LogP contribution < -0.4 is 4.90 Å². The average Bonchev–Trinajstić information content (AvgIpc) is 2.89. The van der Waals surface area contributed by atoms with Gasteiger partial charge in [-0.2, -0.15) is 0 Å². The van der Waals surface area contributed by atoms with Gasteiger partial charge >= 0.3 is 0 Å². The molecule has 0 atom stereocenters. The van der Waals surface area contributed by atoms with Crippen molar-refractivity contribution in [1.82, 2.24) is 9.88 Å². The van der Waals surface area contributed by atoms with Crippen LogP contribution in [0.4, 0.5) is 5.69 Å². The number of amides is 2. The monoisotopic (exact) mass is 317 g/mol. The first-order valence-electron chi connectivity index (χ1n) is 7.01. The molecular weight excluding hydrogens is 298 g/mol. The van der Waals surface area contributed by atoms with Crippen LogP contribution in [0.3, 0.4) is 0 Å². The molecule has 116 valence electrons. The topological polar surface area (TPSA) is 53.5 Å². The number of hydrogen-bond acceptors (Lipinski definition) is 4. The third-order valence-corrected chi connectivity index (χ3v) is 4.37. The first-order chi connectivity index (χ1) is 10.5. The van der Waals surface area contributed by atoms with E-state index in [0.29, 0.717) is 6.54 Å². The van der Waals surface area contributed by atoms with Gasteiger partial charge in [-0.25, -0.2) is 4.98 Å². The molecule has 1 heterocycles. The Morgan fingerprint density at radius 1 is 1.41 bits per heavy atom. The van der Waals surface area contributed by atoms with Gasteiger partial charge in [-0.05, 0) is 38.1 Å². The molecule has 0 bridgehead atoms. The van der Waals surface area contributed by atoms with Crippen molar-refractivity contribution in [2.45, 2.75) is 13.8 Å². The number of carbonyl (C=O) groups excluding carboxylic acids is 2. The molecule has 0 radical (unpaired) electrons. The molecule has 2 aromatic rings. The third kappa shape index (κ3) is 3.33. The smallest absolute Gasteiger partial charge is 0.246 e. The van der Waals surface area contributed by atoms with Gasteiger partial charge in [0, 0.05) is 19.3 Å². The number of benzene rings is 1. The van der Waals surface area contributed by atoms with Gasteiger partial charge in [0.05, 0.1) is 15.2 Å². The molecule has 0 saturated carbocycles. The minimum atomic E-state index is -0.238. The number of thiazole rings is 1. The fourth-order valence-electron chi connectivity index (χ4n) is 2.13. The molecule has 1 aromatic heterocycles. The molecule has 5 nitrogen and oxygen atoms in total. The molecule has 0 N–H and O–H groups in total. The van der Waals surface area contributed by atoms with Crippen molar-refractivity contribution in [2.24, 2.45) is 0 Å². The molecule has 0 spiro atoms. The summed E-state index contributed by atoms with van der Waals surface area (Å²) in [5.74, 6) is -0.379. The zero-order valence-corrected chi connectivity index (χ0v) is 13.8. The molecular formula is C16H19N3O2S. The molecule has 1 aromatic carbocycles. The summed E-state index contributed by atoms with van der Waals surface area (Å²) < 4.78 is 1.05. The van der Waals surface area contributed by atoms with E-state index in [0.717, 1.165) is 20.9 Å². The molecule has 0 aliphatic carbocycles. The fraction of sp³-hybridized carbons (Fsp3) is 0.312. The van der Waals surface area contributed by atoms with Crippen LogP contribution in [0.5, 0.6) is 0 Å². The van der Waals surface area contributed by atoms with Crippen molar-refractivity contribution in [3.8, 4) is 0 Å². The van der Waals surface area contributed by atoms with Crippen LogP contribution in [0.2, 0.25) is 0 Å². The second-order valence-electron chi connectivity index (χ2n) is 4.89. The summed E-state index contributed by atoms with van der Waals surface area (Å²) in [4.78, 5) is 31.4. The summed E-state index contributed by atoms with van der Waals surface area (Å²) in [5.41, 5.74) is 1.73. The van der Waals surface area contributed by atoms with E-state index in [1.165, 1.54) is 11.0 Å². The van der Waals surface area contributed by atoms with Crippen LogP contribution in [0.25, 0.3) is 10.2 Å². The maximum Gasteiger partial charge on any atom is 0.246 e. The lowest BCUT2D eigenvalue weighted by atomic mass is 10.2. The van der Waals surface area contributed by atoms with Gasteiger partial charge in [0.15, 0.2) is 0 Å². The third-order valence-electron chi connectivity index (χ3n) is 3.43. The van der Waals surface area contributed by atoms with Crippen molar-refractivity contribution in [1.29, 1.82) is 0 Å². The summed E-state index contributed by atoms with van der Waals surface area (Å²) in [6, 6.07) is 5.72. The Kier molecular flexibility index (Phi) is 4.92. The van der Waals surface area contributed by atoms with Gasteiger partial charge in [-0.15, -0.1) is 11.3 Å². The highest BCUT2D eigenvalue weighted by molar-refractivity contribution is 7.18. The number of aromatic nitrogens is 1. The van der Waals surface area contributed by atoms with Crippen molar-refractivity contribution < 1.29 is 9.59 Å². The lowest BCUT2D eigenvalue weighted by molar-refractivity contribution is -0.131. The fourth-order valence-corrected chi connectivity index (χ4v) is 2.99. The summed E-state index contributed by atoms with van der Waals surface area (Å²) in [5, 5.41) is 0.995. The minimum Gasteiger partial charge on any atom is -0.330 e. The predicted molar refractivity (Wildman–Crippen MR) is 90.2 cm³/mol. The summed E-state index contributed by atoms with van der Waals surface area (Å²) in [6.45, 7) is 7.76. The SMILES string of the molecule is C=CC(=O)N(CC)CC(=O)N(C)c1ccc2nc(C)sc2c1. The Morgan fingerprint density at radius 3 is 2.77 bits per heavy atom. The van der Waals surface area contributed by atoms with Crippen molar-refractivity contribution in [3.05, 3.63) is 35.9 Å². The zero-order valence-electron chi connectivity index (χ0n) is 13.0. The second-order valence-corrected chi connectivity index (χ2v) is 6.13. The summed E-state index contributed by atoms with van der Waals surface area (Å²) in [6.07, 6.45) is 1.23. The minimum absolute atomic E-state index is 0.0393. The molecule has 0 unspecified atom stereocenters. The van der Waals surface area contributed by atoms with E-state index >= 15 is 0 Å². The standard InChI is InChI=1S/C16H19N3O2S/c1-5-15(20)19(6-2)10-16(21)18(4)12-7-8-13-14(9-12)22-11(3)17-13/h5,7-9H,1,6,10H2,2-4H3. The Labute approximate surface area is 133 Å².